The van der Waals surface area contributed by atoms with Gasteiger partial charge in [0.15, 0.2) is 5.96 Å². The van der Waals surface area contributed by atoms with Crippen LogP contribution in [0.4, 0.5) is 4.79 Å². The second kappa shape index (κ2) is 11.8. The lowest BCUT2D eigenvalue weighted by atomic mass is 10.2. The summed E-state index contributed by atoms with van der Waals surface area (Å²) in [6, 6.07) is 0.550. The van der Waals surface area contributed by atoms with Crippen molar-refractivity contribution in [1.29, 1.82) is 0 Å². The van der Waals surface area contributed by atoms with Crippen molar-refractivity contribution < 1.29 is 9.53 Å². The summed E-state index contributed by atoms with van der Waals surface area (Å²) < 4.78 is 5.35. The van der Waals surface area contributed by atoms with Crippen LogP contribution >= 0.6 is 24.0 Å². The van der Waals surface area contributed by atoms with Crippen LogP contribution in [0.5, 0.6) is 0 Å². The zero-order valence-electron chi connectivity index (χ0n) is 17.2. The highest BCUT2D eigenvalue weighted by molar-refractivity contribution is 14.0. The number of likely N-dealkylation sites (N-methyl/N-ethyl adjacent to an activating group) is 1. The molecule has 2 atom stereocenters. The molecule has 1 heterocycles. The summed E-state index contributed by atoms with van der Waals surface area (Å²) in [6.07, 6.45) is 2.16. The van der Waals surface area contributed by atoms with Crippen molar-refractivity contribution >= 4 is 36.0 Å². The Labute approximate surface area is 176 Å². The number of ether oxygens (including phenoxy) is 1. The fraction of sp³-hybridized carbons (Fsp3) is 0.889. The molecular formula is C18H38IN5O2. The van der Waals surface area contributed by atoms with Crippen LogP contribution in [0.25, 0.3) is 0 Å². The Morgan fingerprint density at radius 2 is 2.12 bits per heavy atom. The van der Waals surface area contributed by atoms with Gasteiger partial charge >= 0.3 is 6.09 Å². The molecule has 0 aliphatic carbocycles. The van der Waals surface area contributed by atoms with E-state index in [1.54, 1.807) is 11.9 Å². The highest BCUT2D eigenvalue weighted by Crippen LogP contribution is 2.15. The Kier molecular flexibility index (Phi) is 11.5. The van der Waals surface area contributed by atoms with Crippen molar-refractivity contribution in [3.63, 3.8) is 0 Å². The van der Waals surface area contributed by atoms with Gasteiger partial charge in [0.25, 0.3) is 0 Å². The highest BCUT2D eigenvalue weighted by Gasteiger charge is 2.23. The van der Waals surface area contributed by atoms with Crippen molar-refractivity contribution in [1.82, 2.24) is 15.1 Å². The minimum absolute atomic E-state index is 0. The molecule has 0 saturated carbocycles. The molecular weight excluding hydrogens is 445 g/mol. The Morgan fingerprint density at radius 3 is 2.69 bits per heavy atom. The van der Waals surface area contributed by atoms with Crippen molar-refractivity contribution in [2.24, 2.45) is 16.6 Å². The molecule has 1 saturated heterocycles. The molecule has 0 bridgehead atoms. The van der Waals surface area contributed by atoms with Gasteiger partial charge in [0, 0.05) is 32.7 Å². The molecule has 0 spiro atoms. The number of carbonyl (C=O) groups is 1. The number of carbonyl (C=O) groups excluding carboxylic acids is 1. The number of nitrogens with zero attached hydrogens (tertiary/aromatic N) is 3. The number of nitrogens with two attached hydrogens (primary N) is 1. The Bertz CT molecular complexity index is 453. The van der Waals surface area contributed by atoms with E-state index in [1.165, 1.54) is 19.4 Å². The normalized spacial score (nSPS) is 19.6. The largest absolute Gasteiger partial charge is 0.444 e. The molecule has 7 nitrogen and oxygen atoms in total. The first-order valence-electron chi connectivity index (χ1n) is 9.34. The lowest BCUT2D eigenvalue weighted by Gasteiger charge is -2.26. The zero-order valence-corrected chi connectivity index (χ0v) is 19.6. The van der Waals surface area contributed by atoms with E-state index in [2.05, 4.69) is 22.1 Å². The van der Waals surface area contributed by atoms with Crippen LogP contribution in [0.1, 0.15) is 47.5 Å². The number of likely N-dealkylation sites (tertiary alicyclic amines) is 1. The lowest BCUT2D eigenvalue weighted by Crippen LogP contribution is -2.43. The maximum absolute atomic E-state index is 12.0. The number of guanidine groups is 1. The van der Waals surface area contributed by atoms with Crippen molar-refractivity contribution in [3.8, 4) is 0 Å². The van der Waals surface area contributed by atoms with Gasteiger partial charge in [-0.2, -0.15) is 0 Å². The number of nitrogens with one attached hydrogen (secondary N) is 1. The Balaban J connectivity index is 0.00000625. The van der Waals surface area contributed by atoms with Crippen molar-refractivity contribution in [2.45, 2.75) is 59.1 Å². The molecule has 1 rings (SSSR count). The summed E-state index contributed by atoms with van der Waals surface area (Å²) in [5, 5.41) is 3.23. The maximum Gasteiger partial charge on any atom is 0.410 e. The SMILES string of the molecule is CCN1CCCC1CNC(N)=NCC(C)CN(C)C(=O)OC(C)(C)C.I. The van der Waals surface area contributed by atoms with Gasteiger partial charge in [-0.05, 0) is 52.6 Å². The molecule has 3 N–H and O–H groups in total. The van der Waals surface area contributed by atoms with E-state index in [9.17, 15) is 4.79 Å². The van der Waals surface area contributed by atoms with E-state index >= 15 is 0 Å². The zero-order chi connectivity index (χ0) is 19.0. The van der Waals surface area contributed by atoms with Gasteiger partial charge in [-0.15, -0.1) is 24.0 Å². The predicted molar refractivity (Wildman–Crippen MR) is 118 cm³/mol. The third-order valence-electron chi connectivity index (χ3n) is 4.29. The van der Waals surface area contributed by atoms with E-state index in [0.29, 0.717) is 25.1 Å². The molecule has 26 heavy (non-hydrogen) atoms. The second-order valence-corrected chi connectivity index (χ2v) is 8.00. The molecule has 1 aliphatic rings. The number of rotatable bonds is 7. The maximum atomic E-state index is 12.0. The molecule has 8 heteroatoms. The first-order valence-corrected chi connectivity index (χ1v) is 9.34. The van der Waals surface area contributed by atoms with Gasteiger partial charge in [-0.3, -0.25) is 9.89 Å². The minimum atomic E-state index is -0.478. The van der Waals surface area contributed by atoms with Gasteiger partial charge in [0.05, 0.1) is 0 Å². The third-order valence-corrected chi connectivity index (χ3v) is 4.29. The van der Waals surface area contributed by atoms with Crippen LogP contribution in [0.3, 0.4) is 0 Å². The van der Waals surface area contributed by atoms with E-state index in [-0.39, 0.29) is 36.0 Å². The smallest absolute Gasteiger partial charge is 0.410 e. The molecule has 0 aromatic rings. The van der Waals surface area contributed by atoms with Gasteiger partial charge in [-0.1, -0.05) is 13.8 Å². The van der Waals surface area contributed by atoms with Crippen LogP contribution in [0.15, 0.2) is 4.99 Å². The van der Waals surface area contributed by atoms with Crippen molar-refractivity contribution in [2.75, 3.05) is 39.8 Å². The summed E-state index contributed by atoms with van der Waals surface area (Å²) >= 11 is 0. The number of amides is 1. The summed E-state index contributed by atoms with van der Waals surface area (Å²) in [5.41, 5.74) is 5.50. The van der Waals surface area contributed by atoms with Gasteiger partial charge in [0.1, 0.15) is 5.60 Å². The minimum Gasteiger partial charge on any atom is -0.444 e. The van der Waals surface area contributed by atoms with Gasteiger partial charge in [-0.25, -0.2) is 4.79 Å². The average molecular weight is 483 g/mol. The first kappa shape index (κ1) is 25.2. The number of hydrogen-bond donors (Lipinski definition) is 2. The standard InChI is InChI=1S/C18H37N5O2.HI/c1-7-23-10-8-9-15(23)12-21-16(19)20-11-14(2)13-22(6)17(24)25-18(3,4)5;/h14-15H,7-13H2,1-6H3,(H3,19,20,21);1H. The van der Waals surface area contributed by atoms with Crippen LogP contribution < -0.4 is 11.1 Å². The van der Waals surface area contributed by atoms with Crippen LogP contribution in [0, 0.1) is 5.92 Å². The molecule has 0 aromatic heterocycles. The summed E-state index contributed by atoms with van der Waals surface area (Å²) in [6.45, 7) is 14.1. The number of aliphatic imine (C=N–C) groups is 1. The average Bonchev–Trinajstić information content (AvgIpc) is 2.96. The van der Waals surface area contributed by atoms with E-state index in [1.807, 2.05) is 27.7 Å². The monoisotopic (exact) mass is 483 g/mol. The highest BCUT2D eigenvalue weighted by atomic mass is 127. The summed E-state index contributed by atoms with van der Waals surface area (Å²) in [4.78, 5) is 20.4. The lowest BCUT2D eigenvalue weighted by molar-refractivity contribution is 0.0279. The Hall–Kier alpha value is -0.770. The van der Waals surface area contributed by atoms with Crippen LogP contribution in [-0.4, -0.2) is 73.3 Å². The third kappa shape index (κ3) is 9.80. The topological polar surface area (TPSA) is 83.2 Å². The van der Waals surface area contributed by atoms with Gasteiger partial charge < -0.3 is 20.7 Å². The number of halogens is 1. The molecule has 1 aliphatic heterocycles. The molecule has 0 aromatic carbocycles. The quantitative estimate of drug-likeness (QED) is 0.330. The second-order valence-electron chi connectivity index (χ2n) is 8.00. The van der Waals surface area contributed by atoms with Gasteiger partial charge in [0.2, 0.25) is 0 Å². The van der Waals surface area contributed by atoms with Crippen molar-refractivity contribution in [3.05, 3.63) is 0 Å². The first-order chi connectivity index (χ1) is 11.6. The van der Waals surface area contributed by atoms with E-state index < -0.39 is 5.60 Å². The predicted octanol–water partition coefficient (Wildman–Crippen LogP) is 2.50. The molecule has 0 radical (unpaired) electrons. The molecule has 2 unspecified atom stereocenters. The fourth-order valence-electron chi connectivity index (χ4n) is 3.01. The summed E-state index contributed by atoms with van der Waals surface area (Å²) in [7, 11) is 1.75. The summed E-state index contributed by atoms with van der Waals surface area (Å²) in [5.74, 6) is 0.686. The molecule has 1 amide bonds. The number of hydrogen-bond acceptors (Lipinski definition) is 4. The fourth-order valence-corrected chi connectivity index (χ4v) is 3.01. The van der Waals surface area contributed by atoms with Crippen LogP contribution in [0.2, 0.25) is 0 Å². The Morgan fingerprint density at radius 1 is 1.46 bits per heavy atom. The molecule has 1 fully saturated rings. The van der Waals surface area contributed by atoms with Crippen LogP contribution in [-0.2, 0) is 4.74 Å². The van der Waals surface area contributed by atoms with E-state index in [0.717, 1.165) is 13.1 Å². The van der Waals surface area contributed by atoms with E-state index in [4.69, 9.17) is 10.5 Å². The molecule has 154 valence electrons.